The summed E-state index contributed by atoms with van der Waals surface area (Å²) in [4.78, 5) is 0. The minimum absolute atomic E-state index is 0.152. The molecule has 0 fully saturated rings. The quantitative estimate of drug-likeness (QED) is 0.855. The number of rotatable bonds is 5. The summed E-state index contributed by atoms with van der Waals surface area (Å²) in [5.41, 5.74) is 3.00. The second-order valence-corrected chi connectivity index (χ2v) is 5.64. The molecule has 1 unspecified atom stereocenters. The Morgan fingerprint density at radius 1 is 1.15 bits per heavy atom. The Kier molecular flexibility index (Phi) is 5.16. The maximum atomic E-state index is 13.2. The van der Waals surface area contributed by atoms with Gasteiger partial charge in [0.2, 0.25) is 0 Å². The molecule has 20 heavy (non-hydrogen) atoms. The standard InChI is InChI=1S/C17H19ClFN/c1-12-8-15(6-7-17(12)19)11-20-13(2)9-14-4-3-5-16(18)10-14/h3-8,10,13,20H,9,11H2,1-2H3. The molecule has 2 aromatic carbocycles. The van der Waals surface area contributed by atoms with Crippen LogP contribution in [0.25, 0.3) is 0 Å². The summed E-state index contributed by atoms with van der Waals surface area (Å²) in [5.74, 6) is -0.152. The second kappa shape index (κ2) is 6.87. The first-order valence-corrected chi connectivity index (χ1v) is 7.15. The zero-order valence-electron chi connectivity index (χ0n) is 11.8. The van der Waals surface area contributed by atoms with Gasteiger partial charge in [0.1, 0.15) is 5.82 Å². The molecule has 0 amide bonds. The van der Waals surface area contributed by atoms with Crippen molar-refractivity contribution in [3.05, 3.63) is 70.0 Å². The average molecular weight is 292 g/mol. The van der Waals surface area contributed by atoms with E-state index in [4.69, 9.17) is 11.6 Å². The van der Waals surface area contributed by atoms with E-state index < -0.39 is 0 Å². The fraction of sp³-hybridized carbons (Fsp3) is 0.294. The SMILES string of the molecule is Cc1cc(CNC(C)Cc2cccc(Cl)c2)ccc1F. The molecule has 2 aromatic rings. The first-order valence-electron chi connectivity index (χ1n) is 6.77. The highest BCUT2D eigenvalue weighted by Gasteiger charge is 2.05. The Balaban J connectivity index is 1.88. The predicted octanol–water partition coefficient (Wildman–Crippen LogP) is 4.51. The minimum atomic E-state index is -0.152. The lowest BCUT2D eigenvalue weighted by Gasteiger charge is -2.14. The van der Waals surface area contributed by atoms with E-state index in [1.165, 1.54) is 11.6 Å². The van der Waals surface area contributed by atoms with Gasteiger partial charge in [-0.2, -0.15) is 0 Å². The lowest BCUT2D eigenvalue weighted by atomic mass is 10.1. The summed E-state index contributed by atoms with van der Waals surface area (Å²) < 4.78 is 13.2. The van der Waals surface area contributed by atoms with Crippen LogP contribution in [0, 0.1) is 12.7 Å². The van der Waals surface area contributed by atoms with Gasteiger partial charge in [-0.15, -0.1) is 0 Å². The maximum Gasteiger partial charge on any atom is 0.126 e. The predicted molar refractivity (Wildman–Crippen MR) is 82.6 cm³/mol. The summed E-state index contributed by atoms with van der Waals surface area (Å²) in [6.07, 6.45) is 0.917. The van der Waals surface area contributed by atoms with Gasteiger partial charge < -0.3 is 5.32 Å². The van der Waals surface area contributed by atoms with Crippen molar-refractivity contribution in [2.24, 2.45) is 0 Å². The summed E-state index contributed by atoms with van der Waals surface area (Å²) in [6.45, 7) is 4.66. The third kappa shape index (κ3) is 4.32. The average Bonchev–Trinajstić information content (AvgIpc) is 2.40. The molecule has 0 saturated carbocycles. The topological polar surface area (TPSA) is 12.0 Å². The van der Waals surface area contributed by atoms with Gasteiger partial charge in [-0.3, -0.25) is 0 Å². The number of nitrogens with one attached hydrogen (secondary N) is 1. The van der Waals surface area contributed by atoms with Gasteiger partial charge in [-0.1, -0.05) is 35.9 Å². The summed E-state index contributed by atoms with van der Waals surface area (Å²) >= 11 is 5.98. The van der Waals surface area contributed by atoms with E-state index in [1.807, 2.05) is 30.3 Å². The highest BCUT2D eigenvalue weighted by atomic mass is 35.5. The van der Waals surface area contributed by atoms with Gasteiger partial charge in [-0.05, 0) is 55.2 Å². The molecular weight excluding hydrogens is 273 g/mol. The first kappa shape index (κ1) is 15.0. The van der Waals surface area contributed by atoms with E-state index in [0.717, 1.165) is 23.6 Å². The van der Waals surface area contributed by atoms with Crippen LogP contribution >= 0.6 is 11.6 Å². The Morgan fingerprint density at radius 2 is 1.95 bits per heavy atom. The zero-order valence-corrected chi connectivity index (χ0v) is 12.5. The van der Waals surface area contributed by atoms with Gasteiger partial charge in [0.05, 0.1) is 0 Å². The van der Waals surface area contributed by atoms with E-state index in [-0.39, 0.29) is 5.82 Å². The lowest BCUT2D eigenvalue weighted by Crippen LogP contribution is -2.27. The van der Waals surface area contributed by atoms with E-state index in [0.29, 0.717) is 11.6 Å². The number of hydrogen-bond acceptors (Lipinski definition) is 1. The number of hydrogen-bond donors (Lipinski definition) is 1. The van der Waals surface area contributed by atoms with Crippen molar-refractivity contribution in [3.8, 4) is 0 Å². The third-order valence-corrected chi connectivity index (χ3v) is 3.54. The molecule has 2 rings (SSSR count). The fourth-order valence-electron chi connectivity index (χ4n) is 2.20. The van der Waals surface area contributed by atoms with Crippen LogP contribution in [0.15, 0.2) is 42.5 Å². The molecule has 106 valence electrons. The van der Waals surface area contributed by atoms with E-state index >= 15 is 0 Å². The van der Waals surface area contributed by atoms with Gasteiger partial charge in [0.15, 0.2) is 0 Å². The highest BCUT2D eigenvalue weighted by Crippen LogP contribution is 2.13. The van der Waals surface area contributed by atoms with Crippen LogP contribution in [0.3, 0.4) is 0 Å². The Labute approximate surface area is 124 Å². The molecule has 1 N–H and O–H groups in total. The highest BCUT2D eigenvalue weighted by molar-refractivity contribution is 6.30. The second-order valence-electron chi connectivity index (χ2n) is 5.20. The van der Waals surface area contributed by atoms with Crippen molar-refractivity contribution in [2.45, 2.75) is 32.9 Å². The van der Waals surface area contributed by atoms with Gasteiger partial charge in [-0.25, -0.2) is 4.39 Å². The van der Waals surface area contributed by atoms with Crippen molar-refractivity contribution in [3.63, 3.8) is 0 Å². The fourth-order valence-corrected chi connectivity index (χ4v) is 2.41. The first-order chi connectivity index (χ1) is 9.54. The molecule has 0 aromatic heterocycles. The third-order valence-electron chi connectivity index (χ3n) is 3.31. The van der Waals surface area contributed by atoms with Crippen LogP contribution in [0.4, 0.5) is 4.39 Å². The van der Waals surface area contributed by atoms with Gasteiger partial charge in [0, 0.05) is 17.6 Å². The monoisotopic (exact) mass is 291 g/mol. The van der Waals surface area contributed by atoms with Crippen LogP contribution in [0.2, 0.25) is 5.02 Å². The molecule has 0 aliphatic carbocycles. The minimum Gasteiger partial charge on any atom is -0.310 e. The molecule has 1 atom stereocenters. The van der Waals surface area contributed by atoms with E-state index in [9.17, 15) is 4.39 Å². The summed E-state index contributed by atoms with van der Waals surface area (Å²) in [6, 6.07) is 13.5. The molecule has 0 radical (unpaired) electrons. The van der Waals surface area contributed by atoms with Crippen molar-refractivity contribution in [1.29, 1.82) is 0 Å². The molecule has 0 saturated heterocycles. The summed E-state index contributed by atoms with van der Waals surface area (Å²) in [5, 5.41) is 4.22. The molecule has 1 nitrogen and oxygen atoms in total. The van der Waals surface area contributed by atoms with Gasteiger partial charge in [0.25, 0.3) is 0 Å². The van der Waals surface area contributed by atoms with Crippen molar-refractivity contribution in [1.82, 2.24) is 5.32 Å². The molecule has 0 heterocycles. The normalized spacial score (nSPS) is 12.4. The van der Waals surface area contributed by atoms with E-state index in [2.05, 4.69) is 18.3 Å². The maximum absolute atomic E-state index is 13.2. The molecule has 0 aliphatic heterocycles. The number of benzene rings is 2. The van der Waals surface area contributed by atoms with Crippen LogP contribution in [-0.2, 0) is 13.0 Å². The number of halogens is 2. The molecule has 0 spiro atoms. The van der Waals surface area contributed by atoms with Crippen LogP contribution in [0.1, 0.15) is 23.6 Å². The van der Waals surface area contributed by atoms with Crippen LogP contribution < -0.4 is 5.32 Å². The molecule has 0 aliphatic rings. The number of aryl methyl sites for hydroxylation is 1. The molecule has 3 heteroatoms. The molecule has 0 bridgehead atoms. The van der Waals surface area contributed by atoms with Crippen molar-refractivity contribution < 1.29 is 4.39 Å². The lowest BCUT2D eigenvalue weighted by molar-refractivity contribution is 0.544. The van der Waals surface area contributed by atoms with Crippen molar-refractivity contribution in [2.75, 3.05) is 0 Å². The Hall–Kier alpha value is -1.38. The smallest absolute Gasteiger partial charge is 0.126 e. The molecular formula is C17H19ClFN. The van der Waals surface area contributed by atoms with Crippen molar-refractivity contribution >= 4 is 11.6 Å². The summed E-state index contributed by atoms with van der Waals surface area (Å²) in [7, 11) is 0. The zero-order chi connectivity index (χ0) is 14.5. The van der Waals surface area contributed by atoms with Crippen LogP contribution in [-0.4, -0.2) is 6.04 Å². The largest absolute Gasteiger partial charge is 0.310 e. The van der Waals surface area contributed by atoms with Gasteiger partial charge >= 0.3 is 0 Å². The Morgan fingerprint density at radius 3 is 2.65 bits per heavy atom. The van der Waals surface area contributed by atoms with E-state index in [1.54, 1.807) is 6.92 Å². The Bertz CT molecular complexity index is 583. The van der Waals surface area contributed by atoms with Crippen LogP contribution in [0.5, 0.6) is 0 Å².